The van der Waals surface area contributed by atoms with Gasteiger partial charge in [0.2, 0.25) is 0 Å². The third-order valence-corrected chi connectivity index (χ3v) is 3.67. The maximum absolute atomic E-state index is 5.78. The first kappa shape index (κ1) is 12.3. The second-order valence-corrected chi connectivity index (χ2v) is 5.33. The second-order valence-electron chi connectivity index (χ2n) is 4.48. The van der Waals surface area contributed by atoms with Crippen molar-refractivity contribution in [3.8, 4) is 5.75 Å². The van der Waals surface area contributed by atoms with E-state index in [4.69, 9.17) is 9.15 Å². The highest BCUT2D eigenvalue weighted by Gasteiger charge is 2.08. The lowest BCUT2D eigenvalue weighted by Crippen LogP contribution is -1.94. The Labute approximate surface area is 120 Å². The lowest BCUT2D eigenvalue weighted by Gasteiger charge is -2.05. The third kappa shape index (κ3) is 2.51. The van der Waals surface area contributed by atoms with Crippen LogP contribution in [0.25, 0.3) is 11.0 Å². The number of halogens is 1. The molecule has 0 saturated heterocycles. The van der Waals surface area contributed by atoms with Crippen molar-refractivity contribution in [1.82, 2.24) is 0 Å². The van der Waals surface area contributed by atoms with E-state index in [0.717, 1.165) is 26.8 Å². The molecule has 19 heavy (non-hydrogen) atoms. The number of fused-ring (bicyclic) bond motifs is 1. The van der Waals surface area contributed by atoms with Gasteiger partial charge in [0, 0.05) is 10.9 Å². The van der Waals surface area contributed by atoms with E-state index in [2.05, 4.69) is 22.9 Å². The molecular weight excluding hydrogens is 304 g/mol. The van der Waals surface area contributed by atoms with Crippen LogP contribution in [0.4, 0.5) is 0 Å². The minimum atomic E-state index is 0.506. The van der Waals surface area contributed by atoms with E-state index in [1.54, 1.807) is 6.26 Å². The molecule has 0 N–H and O–H groups in total. The molecule has 0 bridgehead atoms. The number of para-hydroxylation sites is 1. The largest absolute Gasteiger partial charge is 0.489 e. The van der Waals surface area contributed by atoms with Crippen molar-refractivity contribution in [3.63, 3.8) is 0 Å². The number of ether oxygens (including phenoxy) is 1. The van der Waals surface area contributed by atoms with Gasteiger partial charge in [0.25, 0.3) is 0 Å². The van der Waals surface area contributed by atoms with Crippen molar-refractivity contribution in [2.75, 3.05) is 0 Å². The molecule has 3 aromatic rings. The fraction of sp³-hybridized carbons (Fsp3) is 0.125. The maximum atomic E-state index is 5.78. The summed E-state index contributed by atoms with van der Waals surface area (Å²) in [5, 5.41) is 1.08. The Morgan fingerprint density at radius 3 is 2.68 bits per heavy atom. The molecule has 3 rings (SSSR count). The molecule has 0 aliphatic rings. The van der Waals surface area contributed by atoms with Crippen LogP contribution in [-0.4, -0.2) is 0 Å². The van der Waals surface area contributed by atoms with Gasteiger partial charge in [-0.1, -0.05) is 29.8 Å². The van der Waals surface area contributed by atoms with Crippen molar-refractivity contribution < 1.29 is 9.15 Å². The number of aryl methyl sites for hydroxylation is 1. The Hall–Kier alpha value is -1.74. The van der Waals surface area contributed by atoms with Crippen LogP contribution in [0.5, 0.6) is 5.75 Å². The number of rotatable bonds is 3. The Morgan fingerprint density at radius 1 is 1.11 bits per heavy atom. The van der Waals surface area contributed by atoms with Crippen LogP contribution in [-0.2, 0) is 6.61 Å². The average molecular weight is 317 g/mol. The number of benzene rings is 2. The van der Waals surface area contributed by atoms with Crippen LogP contribution in [0.15, 0.2) is 57.6 Å². The van der Waals surface area contributed by atoms with Gasteiger partial charge in [0.05, 0.1) is 10.7 Å². The highest BCUT2D eigenvalue weighted by atomic mass is 79.9. The highest BCUT2D eigenvalue weighted by Crippen LogP contribution is 2.28. The van der Waals surface area contributed by atoms with Crippen LogP contribution < -0.4 is 4.74 Å². The van der Waals surface area contributed by atoms with Crippen LogP contribution in [0.1, 0.15) is 11.1 Å². The van der Waals surface area contributed by atoms with E-state index >= 15 is 0 Å². The topological polar surface area (TPSA) is 22.4 Å². The van der Waals surface area contributed by atoms with Gasteiger partial charge >= 0.3 is 0 Å². The van der Waals surface area contributed by atoms with Gasteiger partial charge in [-0.25, -0.2) is 0 Å². The average Bonchev–Trinajstić information content (AvgIpc) is 2.83. The lowest BCUT2D eigenvalue weighted by molar-refractivity contribution is 0.306. The highest BCUT2D eigenvalue weighted by molar-refractivity contribution is 9.10. The fourth-order valence-electron chi connectivity index (χ4n) is 1.98. The minimum Gasteiger partial charge on any atom is -0.489 e. The van der Waals surface area contributed by atoms with E-state index in [-0.39, 0.29) is 0 Å². The first-order valence-corrected chi connectivity index (χ1v) is 6.87. The molecule has 0 aliphatic carbocycles. The summed E-state index contributed by atoms with van der Waals surface area (Å²) < 4.78 is 12.3. The maximum Gasteiger partial charge on any atom is 0.148 e. The van der Waals surface area contributed by atoms with Crippen molar-refractivity contribution >= 4 is 26.9 Å². The lowest BCUT2D eigenvalue weighted by atomic mass is 10.2. The molecule has 0 spiro atoms. The zero-order valence-corrected chi connectivity index (χ0v) is 12.1. The van der Waals surface area contributed by atoms with Crippen LogP contribution in [0.3, 0.4) is 0 Å². The van der Waals surface area contributed by atoms with E-state index in [1.165, 1.54) is 5.56 Å². The molecular formula is C16H13BrO2. The van der Waals surface area contributed by atoms with Gasteiger partial charge in [-0.05, 0) is 41.1 Å². The van der Waals surface area contributed by atoms with Crippen LogP contribution >= 0.6 is 15.9 Å². The molecule has 0 amide bonds. The van der Waals surface area contributed by atoms with E-state index < -0.39 is 0 Å². The molecule has 0 atom stereocenters. The van der Waals surface area contributed by atoms with E-state index in [1.807, 2.05) is 42.5 Å². The monoisotopic (exact) mass is 316 g/mol. The Balaban J connectivity index is 1.82. The van der Waals surface area contributed by atoms with Gasteiger partial charge in [0.15, 0.2) is 0 Å². The molecule has 0 radical (unpaired) electrons. The molecule has 0 saturated carbocycles. The van der Waals surface area contributed by atoms with Crippen LogP contribution in [0, 0.1) is 6.92 Å². The van der Waals surface area contributed by atoms with Gasteiger partial charge in [-0.3, -0.25) is 0 Å². The molecule has 3 heteroatoms. The summed E-state index contributed by atoms with van der Waals surface area (Å²) in [4.78, 5) is 0. The Kier molecular flexibility index (Phi) is 3.30. The number of hydrogen-bond acceptors (Lipinski definition) is 2. The predicted molar refractivity (Wildman–Crippen MR) is 79.4 cm³/mol. The summed E-state index contributed by atoms with van der Waals surface area (Å²) in [5.74, 6) is 0.870. The summed E-state index contributed by atoms with van der Waals surface area (Å²) >= 11 is 3.48. The van der Waals surface area contributed by atoms with Gasteiger partial charge in [-0.2, -0.15) is 0 Å². The molecule has 0 unspecified atom stereocenters. The minimum absolute atomic E-state index is 0.506. The molecule has 1 aromatic heterocycles. The summed E-state index contributed by atoms with van der Waals surface area (Å²) in [7, 11) is 0. The smallest absolute Gasteiger partial charge is 0.148 e. The Bertz CT molecular complexity index is 698. The number of hydrogen-bond donors (Lipinski definition) is 0. The molecule has 96 valence electrons. The van der Waals surface area contributed by atoms with Crippen molar-refractivity contribution in [1.29, 1.82) is 0 Å². The third-order valence-electron chi connectivity index (χ3n) is 3.05. The molecule has 2 aromatic carbocycles. The normalized spacial score (nSPS) is 10.8. The van der Waals surface area contributed by atoms with Crippen molar-refractivity contribution in [2.45, 2.75) is 13.5 Å². The first-order valence-electron chi connectivity index (χ1n) is 6.08. The molecule has 0 fully saturated rings. The quantitative estimate of drug-likeness (QED) is 0.672. The van der Waals surface area contributed by atoms with Gasteiger partial charge in [0.1, 0.15) is 17.9 Å². The SMILES string of the molecule is Cc1ccc(OCc2coc3c(Br)cccc23)cc1. The van der Waals surface area contributed by atoms with E-state index in [9.17, 15) is 0 Å². The van der Waals surface area contributed by atoms with Crippen molar-refractivity contribution in [2.24, 2.45) is 0 Å². The fourth-order valence-corrected chi connectivity index (χ4v) is 2.44. The predicted octanol–water partition coefficient (Wildman–Crippen LogP) is 5.08. The zero-order valence-electron chi connectivity index (χ0n) is 10.5. The summed E-state index contributed by atoms with van der Waals surface area (Å²) in [6.45, 7) is 2.57. The van der Waals surface area contributed by atoms with Gasteiger partial charge < -0.3 is 9.15 Å². The summed E-state index contributed by atoms with van der Waals surface area (Å²) in [5.41, 5.74) is 3.15. The zero-order chi connectivity index (χ0) is 13.2. The van der Waals surface area contributed by atoms with Gasteiger partial charge in [-0.15, -0.1) is 0 Å². The molecule has 2 nitrogen and oxygen atoms in total. The summed E-state index contributed by atoms with van der Waals surface area (Å²) in [6, 6.07) is 14.0. The first-order chi connectivity index (χ1) is 9.24. The standard InChI is InChI=1S/C16H13BrO2/c1-11-5-7-13(8-6-11)18-9-12-10-19-16-14(12)3-2-4-15(16)17/h2-8,10H,9H2,1H3. The van der Waals surface area contributed by atoms with Crippen LogP contribution in [0.2, 0.25) is 0 Å². The summed E-state index contributed by atoms with van der Waals surface area (Å²) in [6.07, 6.45) is 1.75. The number of furan rings is 1. The molecule has 1 heterocycles. The second kappa shape index (κ2) is 5.10. The van der Waals surface area contributed by atoms with Crippen molar-refractivity contribution in [3.05, 3.63) is 64.3 Å². The molecule has 0 aliphatic heterocycles. The van der Waals surface area contributed by atoms with E-state index in [0.29, 0.717) is 6.61 Å². The Morgan fingerprint density at radius 2 is 1.89 bits per heavy atom.